The fourth-order valence-corrected chi connectivity index (χ4v) is 5.35. The highest BCUT2D eigenvalue weighted by molar-refractivity contribution is 7.85. The van der Waals surface area contributed by atoms with Crippen molar-refractivity contribution < 1.29 is 9.32 Å². The van der Waals surface area contributed by atoms with E-state index in [4.69, 9.17) is 0 Å². The number of benzene rings is 3. The Labute approximate surface area is 164 Å². The molecule has 0 aliphatic heterocycles. The molecule has 2 nitrogen and oxygen atoms in total. The molecule has 3 aromatic rings. The normalized spacial score (nSPS) is 15.1. The molecule has 0 heterocycles. The van der Waals surface area contributed by atoms with Gasteiger partial charge in [-0.1, -0.05) is 78.4 Å². The number of hydrogen-bond acceptors (Lipinski definition) is 2. The third-order valence-corrected chi connectivity index (χ3v) is 6.58. The van der Waals surface area contributed by atoms with Crippen LogP contribution < -0.4 is 0 Å². The molecule has 140 valence electrons. The van der Waals surface area contributed by atoms with E-state index < -0.39 is 16.4 Å². The quantitative estimate of drug-likeness (QED) is 0.624. The summed E-state index contributed by atoms with van der Waals surface area (Å²) in [6.45, 7) is 5.62. The minimum Gasteiger partial charge on any atom is -0.390 e. The van der Waals surface area contributed by atoms with Gasteiger partial charge in [-0.15, -0.1) is 0 Å². The molecule has 3 aromatic carbocycles. The van der Waals surface area contributed by atoms with Crippen molar-refractivity contribution in [2.45, 2.75) is 42.4 Å². The van der Waals surface area contributed by atoms with E-state index in [-0.39, 0.29) is 11.2 Å². The van der Waals surface area contributed by atoms with Crippen molar-refractivity contribution in [2.75, 3.05) is 0 Å². The molecule has 0 aromatic heterocycles. The molecular weight excluding hydrogens is 352 g/mol. The Balaban J connectivity index is 2.16. The molecule has 0 spiro atoms. The van der Waals surface area contributed by atoms with Gasteiger partial charge in [-0.25, -0.2) is 0 Å². The second-order valence-corrected chi connectivity index (χ2v) is 9.06. The Morgan fingerprint density at radius 2 is 1.26 bits per heavy atom. The smallest absolute Gasteiger partial charge is 0.0739 e. The van der Waals surface area contributed by atoms with E-state index in [9.17, 15) is 9.32 Å². The Morgan fingerprint density at radius 3 is 1.74 bits per heavy atom. The monoisotopic (exact) mass is 378 g/mol. The van der Waals surface area contributed by atoms with Gasteiger partial charge in [0.05, 0.1) is 21.7 Å². The lowest BCUT2D eigenvalue weighted by Crippen LogP contribution is -2.35. The van der Waals surface area contributed by atoms with Crippen molar-refractivity contribution in [3.63, 3.8) is 0 Å². The number of rotatable bonds is 6. The highest BCUT2D eigenvalue weighted by atomic mass is 32.2. The largest absolute Gasteiger partial charge is 0.390 e. The first-order valence-corrected chi connectivity index (χ1v) is 10.4. The maximum absolute atomic E-state index is 13.7. The van der Waals surface area contributed by atoms with E-state index in [1.54, 1.807) is 13.8 Å². The van der Waals surface area contributed by atoms with Crippen molar-refractivity contribution in [2.24, 2.45) is 0 Å². The van der Waals surface area contributed by atoms with Crippen molar-refractivity contribution >= 4 is 10.8 Å². The maximum Gasteiger partial charge on any atom is 0.0739 e. The number of hydrogen-bond donors (Lipinski definition) is 1. The van der Waals surface area contributed by atoms with Crippen molar-refractivity contribution in [1.29, 1.82) is 0 Å². The van der Waals surface area contributed by atoms with Crippen molar-refractivity contribution in [3.8, 4) is 0 Å². The Bertz CT molecular complexity index is 881. The Hall–Kier alpha value is -2.23. The van der Waals surface area contributed by atoms with Gasteiger partial charge in [-0.3, -0.25) is 4.21 Å². The molecule has 3 atom stereocenters. The summed E-state index contributed by atoms with van der Waals surface area (Å²) in [5.41, 5.74) is 2.04. The van der Waals surface area contributed by atoms with Crippen LogP contribution in [-0.2, 0) is 10.8 Å². The second kappa shape index (κ2) is 8.20. The molecule has 3 rings (SSSR count). The van der Waals surface area contributed by atoms with Gasteiger partial charge in [-0.2, -0.15) is 0 Å². The zero-order valence-electron chi connectivity index (χ0n) is 16.0. The summed E-state index contributed by atoms with van der Waals surface area (Å²) >= 11 is 0. The molecule has 0 aliphatic rings. The summed E-state index contributed by atoms with van der Waals surface area (Å²) in [6, 6.07) is 27.6. The maximum atomic E-state index is 13.7. The van der Waals surface area contributed by atoms with Crippen LogP contribution >= 0.6 is 0 Å². The Kier molecular flexibility index (Phi) is 5.93. The van der Waals surface area contributed by atoms with Crippen molar-refractivity contribution in [1.82, 2.24) is 0 Å². The summed E-state index contributed by atoms with van der Waals surface area (Å²) in [7, 11) is -1.32. The highest BCUT2D eigenvalue weighted by Gasteiger charge is 2.40. The van der Waals surface area contributed by atoms with Gasteiger partial charge >= 0.3 is 0 Å². The summed E-state index contributed by atoms with van der Waals surface area (Å²) in [4.78, 5) is 0.777. The van der Waals surface area contributed by atoms with Crippen molar-refractivity contribution in [3.05, 3.63) is 102 Å². The van der Waals surface area contributed by atoms with Crippen LogP contribution in [0.15, 0.2) is 89.8 Å². The fourth-order valence-electron chi connectivity index (χ4n) is 3.51. The van der Waals surface area contributed by atoms with Crippen LogP contribution in [0.3, 0.4) is 0 Å². The molecule has 0 saturated heterocycles. The molecule has 0 amide bonds. The zero-order valence-corrected chi connectivity index (χ0v) is 16.8. The molecule has 1 unspecified atom stereocenters. The summed E-state index contributed by atoms with van der Waals surface area (Å²) in [5, 5.41) is 10.7. The van der Waals surface area contributed by atoms with E-state index in [1.807, 2.05) is 91.9 Å². The number of aliphatic hydroxyl groups is 1. The predicted octanol–water partition coefficient (Wildman–Crippen LogP) is 5.40. The van der Waals surface area contributed by atoms with Crippen LogP contribution in [0.2, 0.25) is 0 Å². The van der Waals surface area contributed by atoms with Gasteiger partial charge in [0.2, 0.25) is 0 Å². The van der Waals surface area contributed by atoms with Crippen LogP contribution in [0.4, 0.5) is 0 Å². The summed E-state index contributed by atoms with van der Waals surface area (Å²) < 4.78 is 13.7. The zero-order chi connectivity index (χ0) is 19.4. The molecule has 0 bridgehead atoms. The molecule has 0 saturated carbocycles. The van der Waals surface area contributed by atoms with E-state index in [1.165, 1.54) is 0 Å². The van der Waals surface area contributed by atoms with Crippen LogP contribution in [0, 0.1) is 6.92 Å². The van der Waals surface area contributed by atoms with E-state index in [0.29, 0.717) is 0 Å². The standard InChI is InChI=1S/C24H26O2S/c1-18-14-16-21(17-15-18)27(26)23(20-12-8-5-9-13-20)22(24(2,3)25)19-10-6-4-7-11-19/h4-17,22-23,25H,1-3H3/t22-,23-,27?/m1/s1. The van der Waals surface area contributed by atoms with Gasteiger partial charge in [-0.05, 0) is 44.0 Å². The molecule has 0 radical (unpaired) electrons. The first-order valence-electron chi connectivity index (χ1n) is 9.17. The minimum absolute atomic E-state index is 0.316. The fraction of sp³-hybridized carbons (Fsp3) is 0.250. The molecule has 1 N–H and O–H groups in total. The molecular formula is C24H26O2S. The third kappa shape index (κ3) is 4.55. The highest BCUT2D eigenvalue weighted by Crippen LogP contribution is 2.44. The third-order valence-electron chi connectivity index (χ3n) is 4.83. The first kappa shape index (κ1) is 19.5. The van der Waals surface area contributed by atoms with Gasteiger partial charge in [0, 0.05) is 10.8 Å². The summed E-state index contributed by atoms with van der Waals surface area (Å²) in [6.07, 6.45) is 0. The Morgan fingerprint density at radius 1 is 0.778 bits per heavy atom. The molecule has 3 heteroatoms. The van der Waals surface area contributed by atoms with Gasteiger partial charge in [0.15, 0.2) is 0 Å². The van der Waals surface area contributed by atoms with E-state index in [0.717, 1.165) is 21.6 Å². The van der Waals surface area contributed by atoms with E-state index in [2.05, 4.69) is 0 Å². The lowest BCUT2D eigenvalue weighted by Gasteiger charge is -2.36. The average Bonchev–Trinajstić information content (AvgIpc) is 2.66. The molecule has 27 heavy (non-hydrogen) atoms. The van der Waals surface area contributed by atoms with Gasteiger partial charge in [0.1, 0.15) is 0 Å². The number of aryl methyl sites for hydroxylation is 1. The van der Waals surface area contributed by atoms with E-state index >= 15 is 0 Å². The lowest BCUT2D eigenvalue weighted by atomic mass is 9.80. The second-order valence-electron chi connectivity index (χ2n) is 7.48. The van der Waals surface area contributed by atoms with Crippen LogP contribution in [0.1, 0.15) is 41.7 Å². The molecule has 0 aliphatic carbocycles. The van der Waals surface area contributed by atoms with Crippen LogP contribution in [-0.4, -0.2) is 14.9 Å². The lowest BCUT2D eigenvalue weighted by molar-refractivity contribution is 0.0481. The van der Waals surface area contributed by atoms with Crippen LogP contribution in [0.5, 0.6) is 0 Å². The average molecular weight is 379 g/mol. The first-order chi connectivity index (χ1) is 12.9. The minimum atomic E-state index is -1.32. The topological polar surface area (TPSA) is 37.3 Å². The van der Waals surface area contributed by atoms with Gasteiger partial charge in [0.25, 0.3) is 0 Å². The SMILES string of the molecule is Cc1ccc(S(=O)[C@H](c2ccccc2)[C@@H](c2ccccc2)C(C)(C)O)cc1. The van der Waals surface area contributed by atoms with Gasteiger partial charge < -0.3 is 5.11 Å². The van der Waals surface area contributed by atoms with Crippen LogP contribution in [0.25, 0.3) is 0 Å². The summed E-state index contributed by atoms with van der Waals surface area (Å²) in [5.74, 6) is -0.316. The molecule has 0 fully saturated rings. The predicted molar refractivity (Wildman–Crippen MR) is 112 cm³/mol.